The van der Waals surface area contributed by atoms with Crippen molar-refractivity contribution in [1.29, 1.82) is 0 Å². The van der Waals surface area contributed by atoms with E-state index in [1.165, 1.54) is 17.9 Å². The SMILES string of the molecule is CCN(CC)OCCO.COC(CO)CCn1cc(C)c(=O)[nH]c1=O. The third kappa shape index (κ3) is 9.51. The summed E-state index contributed by atoms with van der Waals surface area (Å²) in [5, 5.41) is 19.1. The van der Waals surface area contributed by atoms with E-state index in [1.807, 2.05) is 13.8 Å². The van der Waals surface area contributed by atoms with Crippen LogP contribution in [-0.4, -0.2) is 71.0 Å². The number of methoxy groups -OCH3 is 1. The van der Waals surface area contributed by atoms with Crippen molar-refractivity contribution in [3.05, 3.63) is 32.6 Å². The van der Waals surface area contributed by atoms with Crippen LogP contribution in [0.25, 0.3) is 0 Å². The van der Waals surface area contributed by atoms with Gasteiger partial charge in [0.1, 0.15) is 0 Å². The minimum atomic E-state index is -0.441. The quantitative estimate of drug-likeness (QED) is 0.481. The average Bonchev–Trinajstić information content (AvgIpc) is 2.61. The van der Waals surface area contributed by atoms with Crippen LogP contribution in [0.15, 0.2) is 15.8 Å². The number of hydrogen-bond donors (Lipinski definition) is 3. The van der Waals surface area contributed by atoms with Gasteiger partial charge >= 0.3 is 5.69 Å². The summed E-state index contributed by atoms with van der Waals surface area (Å²) in [5.41, 5.74) is -0.326. The van der Waals surface area contributed by atoms with Gasteiger partial charge in [0.2, 0.25) is 0 Å². The molecule has 146 valence electrons. The third-order valence-electron chi connectivity index (χ3n) is 3.49. The molecule has 0 aliphatic rings. The van der Waals surface area contributed by atoms with Crippen LogP contribution in [-0.2, 0) is 16.1 Å². The molecule has 0 bridgehead atoms. The molecule has 9 heteroatoms. The van der Waals surface area contributed by atoms with E-state index in [0.29, 0.717) is 25.1 Å². The van der Waals surface area contributed by atoms with E-state index in [-0.39, 0.29) is 24.9 Å². The first-order valence-electron chi connectivity index (χ1n) is 8.36. The van der Waals surface area contributed by atoms with Gasteiger partial charge in [0.05, 0.1) is 25.9 Å². The predicted molar refractivity (Wildman–Crippen MR) is 94.5 cm³/mol. The molecule has 0 amide bonds. The molecular formula is C16H31N3O6. The zero-order valence-electron chi connectivity index (χ0n) is 15.5. The van der Waals surface area contributed by atoms with Crippen LogP contribution in [0.2, 0.25) is 0 Å². The third-order valence-corrected chi connectivity index (χ3v) is 3.49. The maximum Gasteiger partial charge on any atom is 0.328 e. The highest BCUT2D eigenvalue weighted by Gasteiger charge is 2.07. The number of nitrogens with one attached hydrogen (secondary N) is 1. The van der Waals surface area contributed by atoms with Gasteiger partial charge in [0, 0.05) is 38.5 Å². The van der Waals surface area contributed by atoms with Gasteiger partial charge in [-0.05, 0) is 13.3 Å². The molecule has 1 aromatic heterocycles. The number of hydroxylamine groups is 2. The van der Waals surface area contributed by atoms with E-state index in [4.69, 9.17) is 19.8 Å². The van der Waals surface area contributed by atoms with Crippen molar-refractivity contribution in [1.82, 2.24) is 14.6 Å². The molecule has 0 aliphatic carbocycles. The topological polar surface area (TPSA) is 117 Å². The number of nitrogens with zero attached hydrogens (tertiary/aromatic N) is 2. The summed E-state index contributed by atoms with van der Waals surface area (Å²) in [7, 11) is 1.50. The van der Waals surface area contributed by atoms with Crippen molar-refractivity contribution in [2.75, 3.05) is 40.0 Å². The number of rotatable bonds is 10. The van der Waals surface area contributed by atoms with Crippen molar-refractivity contribution < 1.29 is 19.8 Å². The Morgan fingerprint density at radius 3 is 2.40 bits per heavy atom. The summed E-state index contributed by atoms with van der Waals surface area (Å²) in [6, 6.07) is 0. The Bertz CT molecular complexity index is 564. The molecule has 1 atom stereocenters. The lowest BCUT2D eigenvalue weighted by molar-refractivity contribution is -0.159. The highest BCUT2D eigenvalue weighted by atomic mass is 16.7. The monoisotopic (exact) mass is 361 g/mol. The molecule has 0 radical (unpaired) electrons. The van der Waals surface area contributed by atoms with E-state index in [2.05, 4.69) is 4.98 Å². The molecule has 0 aromatic carbocycles. The molecule has 0 fully saturated rings. The van der Waals surface area contributed by atoms with Gasteiger partial charge in [-0.2, -0.15) is 5.06 Å². The van der Waals surface area contributed by atoms with Crippen LogP contribution < -0.4 is 11.2 Å². The predicted octanol–water partition coefficient (Wildman–Crippen LogP) is -0.505. The second-order valence-electron chi connectivity index (χ2n) is 5.26. The normalized spacial score (nSPS) is 12.0. The van der Waals surface area contributed by atoms with Crippen molar-refractivity contribution in [3.8, 4) is 0 Å². The molecule has 3 N–H and O–H groups in total. The van der Waals surface area contributed by atoms with E-state index in [1.54, 1.807) is 12.0 Å². The van der Waals surface area contributed by atoms with E-state index in [0.717, 1.165) is 13.1 Å². The number of aliphatic hydroxyl groups is 2. The first-order chi connectivity index (χ1) is 11.9. The van der Waals surface area contributed by atoms with Crippen LogP contribution in [0.1, 0.15) is 25.8 Å². The summed E-state index contributed by atoms with van der Waals surface area (Å²) < 4.78 is 6.38. The first kappa shape index (κ1) is 23.5. The molecule has 9 nitrogen and oxygen atoms in total. The van der Waals surface area contributed by atoms with Crippen molar-refractivity contribution >= 4 is 0 Å². The molecule has 1 unspecified atom stereocenters. The Labute approximate surface area is 147 Å². The fourth-order valence-corrected chi connectivity index (χ4v) is 1.93. The van der Waals surface area contributed by atoms with Crippen LogP contribution >= 0.6 is 0 Å². The second-order valence-corrected chi connectivity index (χ2v) is 5.26. The minimum Gasteiger partial charge on any atom is -0.394 e. The Kier molecular flexibility index (Phi) is 12.9. The standard InChI is InChI=1S/C10H16N2O4.C6H15NO2/c1-7-5-12(10(15)11-9(7)14)4-3-8(6-13)16-2;1-3-7(4-2)9-6-5-8/h5,8,13H,3-4,6H2,1-2H3,(H,11,14,15);8H,3-6H2,1-2H3. The van der Waals surface area contributed by atoms with Crippen molar-refractivity contribution in [3.63, 3.8) is 0 Å². The van der Waals surface area contributed by atoms with Gasteiger partial charge in [-0.1, -0.05) is 13.8 Å². The molecule has 1 rings (SSSR count). The van der Waals surface area contributed by atoms with Gasteiger partial charge < -0.3 is 19.5 Å². The second kappa shape index (κ2) is 13.7. The average molecular weight is 361 g/mol. The smallest absolute Gasteiger partial charge is 0.328 e. The Balaban J connectivity index is 0.000000547. The maximum absolute atomic E-state index is 11.4. The summed E-state index contributed by atoms with van der Waals surface area (Å²) in [6.07, 6.45) is 1.73. The van der Waals surface area contributed by atoms with Gasteiger partial charge in [-0.25, -0.2) is 4.79 Å². The molecule has 0 spiro atoms. The van der Waals surface area contributed by atoms with Crippen molar-refractivity contribution in [2.24, 2.45) is 0 Å². The maximum atomic E-state index is 11.4. The highest BCUT2D eigenvalue weighted by Crippen LogP contribution is 1.98. The summed E-state index contributed by atoms with van der Waals surface area (Å²) >= 11 is 0. The lowest BCUT2D eigenvalue weighted by Gasteiger charge is -2.16. The fourth-order valence-electron chi connectivity index (χ4n) is 1.93. The summed E-state index contributed by atoms with van der Waals surface area (Å²) in [5.74, 6) is 0. The van der Waals surface area contributed by atoms with Crippen molar-refractivity contribution in [2.45, 2.75) is 39.8 Å². The molecule has 1 aromatic rings. The number of hydrogen-bond acceptors (Lipinski definition) is 7. The molecule has 0 saturated heterocycles. The Morgan fingerprint density at radius 2 is 1.92 bits per heavy atom. The van der Waals surface area contributed by atoms with Crippen LogP contribution in [0.3, 0.4) is 0 Å². The molecule has 0 saturated carbocycles. The Morgan fingerprint density at radius 1 is 1.28 bits per heavy atom. The fraction of sp³-hybridized carbons (Fsp3) is 0.750. The lowest BCUT2D eigenvalue weighted by atomic mass is 10.2. The summed E-state index contributed by atoms with van der Waals surface area (Å²) in [4.78, 5) is 29.8. The van der Waals surface area contributed by atoms with Gasteiger partial charge in [-0.15, -0.1) is 0 Å². The van der Waals surface area contributed by atoms with Crippen LogP contribution in [0.4, 0.5) is 0 Å². The summed E-state index contributed by atoms with van der Waals surface area (Å²) in [6.45, 7) is 8.21. The van der Waals surface area contributed by atoms with Gasteiger partial charge in [-0.3, -0.25) is 14.6 Å². The molecule has 1 heterocycles. The zero-order chi connectivity index (χ0) is 19.2. The van der Waals surface area contributed by atoms with Crippen LogP contribution in [0.5, 0.6) is 0 Å². The van der Waals surface area contributed by atoms with Gasteiger partial charge in [0.25, 0.3) is 5.56 Å². The molecular weight excluding hydrogens is 330 g/mol. The number of aromatic nitrogens is 2. The molecule has 0 aliphatic heterocycles. The largest absolute Gasteiger partial charge is 0.394 e. The van der Waals surface area contributed by atoms with E-state index in [9.17, 15) is 9.59 Å². The molecule has 25 heavy (non-hydrogen) atoms. The number of aliphatic hydroxyl groups excluding tert-OH is 2. The zero-order valence-corrected chi connectivity index (χ0v) is 15.5. The van der Waals surface area contributed by atoms with Gasteiger partial charge in [0.15, 0.2) is 0 Å². The number of aromatic amines is 1. The lowest BCUT2D eigenvalue weighted by Crippen LogP contribution is -2.32. The number of aryl methyl sites for hydroxylation is 2. The highest BCUT2D eigenvalue weighted by molar-refractivity contribution is 5.00. The first-order valence-corrected chi connectivity index (χ1v) is 8.36. The Hall–Kier alpha value is -1.52. The minimum absolute atomic E-state index is 0.0897. The number of H-pyrrole nitrogens is 1. The van der Waals surface area contributed by atoms with Crippen LogP contribution in [0, 0.1) is 6.92 Å². The number of ether oxygens (including phenoxy) is 1. The van der Waals surface area contributed by atoms with E-state index >= 15 is 0 Å². The van der Waals surface area contributed by atoms with E-state index < -0.39 is 5.69 Å².